The topological polar surface area (TPSA) is 24.5 Å². The second-order valence-electron chi connectivity index (χ2n) is 6.09. The number of piperidine rings is 1. The molecule has 1 aliphatic heterocycles. The second kappa shape index (κ2) is 7.09. The van der Waals surface area contributed by atoms with Crippen LogP contribution in [0.2, 0.25) is 0 Å². The van der Waals surface area contributed by atoms with Gasteiger partial charge in [0.25, 0.3) is 0 Å². The average molecular weight is 276 g/mol. The van der Waals surface area contributed by atoms with Crippen LogP contribution in [0.1, 0.15) is 38.3 Å². The highest BCUT2D eigenvalue weighted by atomic mass is 16.5. The van der Waals surface area contributed by atoms with Gasteiger partial charge in [0.2, 0.25) is 0 Å². The van der Waals surface area contributed by atoms with E-state index in [1.54, 1.807) is 7.11 Å². The van der Waals surface area contributed by atoms with Crippen molar-refractivity contribution in [3.8, 4) is 5.75 Å². The zero-order chi connectivity index (χ0) is 14.5. The Morgan fingerprint density at radius 2 is 1.75 bits per heavy atom. The zero-order valence-corrected chi connectivity index (χ0v) is 13.2. The molecular formula is C17H28N2O. The Morgan fingerprint density at radius 3 is 2.30 bits per heavy atom. The molecule has 2 atom stereocenters. The van der Waals surface area contributed by atoms with Crippen molar-refractivity contribution < 1.29 is 4.74 Å². The van der Waals surface area contributed by atoms with Crippen LogP contribution in [0.3, 0.4) is 0 Å². The van der Waals surface area contributed by atoms with Crippen LogP contribution in [0.5, 0.6) is 5.75 Å². The third-order valence-electron chi connectivity index (χ3n) is 4.60. The van der Waals surface area contributed by atoms with E-state index in [1.165, 1.54) is 31.5 Å². The lowest BCUT2D eigenvalue weighted by Gasteiger charge is -2.34. The summed E-state index contributed by atoms with van der Waals surface area (Å²) in [5, 5.41) is 3.76. The van der Waals surface area contributed by atoms with E-state index < -0.39 is 0 Å². The maximum absolute atomic E-state index is 5.21. The SMILES string of the molecule is COc1ccc([C@H](C)NC(C)C2CCN(C)CC2)cc1. The lowest BCUT2D eigenvalue weighted by Crippen LogP contribution is -2.41. The van der Waals surface area contributed by atoms with Crippen molar-refractivity contribution in [3.63, 3.8) is 0 Å². The molecule has 1 heterocycles. The van der Waals surface area contributed by atoms with Crippen LogP contribution in [-0.4, -0.2) is 38.2 Å². The first-order valence-electron chi connectivity index (χ1n) is 7.68. The summed E-state index contributed by atoms with van der Waals surface area (Å²) in [5.41, 5.74) is 1.32. The van der Waals surface area contributed by atoms with Gasteiger partial charge in [-0.25, -0.2) is 0 Å². The minimum Gasteiger partial charge on any atom is -0.497 e. The van der Waals surface area contributed by atoms with Gasteiger partial charge in [0.05, 0.1) is 7.11 Å². The number of ether oxygens (including phenoxy) is 1. The fraction of sp³-hybridized carbons (Fsp3) is 0.647. The molecule has 1 aliphatic rings. The molecule has 112 valence electrons. The van der Waals surface area contributed by atoms with Gasteiger partial charge in [0.15, 0.2) is 0 Å². The molecule has 0 amide bonds. The molecule has 1 saturated heterocycles. The van der Waals surface area contributed by atoms with E-state index in [-0.39, 0.29) is 0 Å². The van der Waals surface area contributed by atoms with Gasteiger partial charge in [-0.3, -0.25) is 0 Å². The second-order valence-corrected chi connectivity index (χ2v) is 6.09. The summed E-state index contributed by atoms with van der Waals surface area (Å²) in [6, 6.07) is 9.33. The number of methoxy groups -OCH3 is 1. The van der Waals surface area contributed by atoms with Gasteiger partial charge in [0, 0.05) is 12.1 Å². The summed E-state index contributed by atoms with van der Waals surface area (Å²) in [5.74, 6) is 1.72. The molecule has 0 spiro atoms. The number of benzene rings is 1. The number of likely N-dealkylation sites (tertiary alicyclic amines) is 1. The van der Waals surface area contributed by atoms with Crippen molar-refractivity contribution in [2.75, 3.05) is 27.2 Å². The lowest BCUT2D eigenvalue weighted by molar-refractivity contribution is 0.185. The maximum Gasteiger partial charge on any atom is 0.118 e. The molecule has 20 heavy (non-hydrogen) atoms. The monoisotopic (exact) mass is 276 g/mol. The van der Waals surface area contributed by atoms with Crippen LogP contribution in [0, 0.1) is 5.92 Å². The van der Waals surface area contributed by atoms with E-state index in [0.29, 0.717) is 12.1 Å². The predicted octanol–water partition coefficient (Wildman–Crippen LogP) is 3.08. The van der Waals surface area contributed by atoms with E-state index >= 15 is 0 Å². The Kier molecular flexibility index (Phi) is 5.44. The fourth-order valence-electron chi connectivity index (χ4n) is 3.05. The maximum atomic E-state index is 5.21. The molecule has 0 radical (unpaired) electrons. The summed E-state index contributed by atoms with van der Waals surface area (Å²) in [6.07, 6.45) is 2.61. The summed E-state index contributed by atoms with van der Waals surface area (Å²) in [6.45, 7) is 7.03. The zero-order valence-electron chi connectivity index (χ0n) is 13.2. The minimum atomic E-state index is 0.385. The summed E-state index contributed by atoms with van der Waals surface area (Å²) in [7, 11) is 3.92. The van der Waals surface area contributed by atoms with Crippen LogP contribution < -0.4 is 10.1 Å². The Labute approximate surface area is 123 Å². The van der Waals surface area contributed by atoms with Crippen LogP contribution in [0.25, 0.3) is 0 Å². The van der Waals surface area contributed by atoms with Crippen molar-refractivity contribution >= 4 is 0 Å². The predicted molar refractivity (Wildman–Crippen MR) is 84.2 cm³/mol. The number of rotatable bonds is 5. The van der Waals surface area contributed by atoms with Gasteiger partial charge < -0.3 is 15.0 Å². The Balaban J connectivity index is 1.87. The molecule has 0 aromatic heterocycles. The van der Waals surface area contributed by atoms with Crippen LogP contribution in [0.15, 0.2) is 24.3 Å². The minimum absolute atomic E-state index is 0.385. The molecule has 1 aromatic carbocycles. The summed E-state index contributed by atoms with van der Waals surface area (Å²) in [4.78, 5) is 2.43. The Hall–Kier alpha value is -1.06. The smallest absolute Gasteiger partial charge is 0.118 e. The quantitative estimate of drug-likeness (QED) is 0.894. The van der Waals surface area contributed by atoms with Gasteiger partial charge in [-0.2, -0.15) is 0 Å². The van der Waals surface area contributed by atoms with Gasteiger partial charge in [0.1, 0.15) is 5.75 Å². The standard InChI is InChI=1S/C17H28N2O/c1-13(15-5-7-17(20-4)8-6-15)18-14(2)16-9-11-19(3)12-10-16/h5-8,13-14,16,18H,9-12H2,1-4H3/t13-,14?/m0/s1. The van der Waals surface area contributed by atoms with Crippen molar-refractivity contribution in [2.24, 2.45) is 5.92 Å². The van der Waals surface area contributed by atoms with E-state index in [9.17, 15) is 0 Å². The molecule has 0 saturated carbocycles. The number of hydrogen-bond donors (Lipinski definition) is 1. The van der Waals surface area contributed by atoms with E-state index in [0.717, 1.165) is 11.7 Å². The van der Waals surface area contributed by atoms with Crippen molar-refractivity contribution in [1.29, 1.82) is 0 Å². The van der Waals surface area contributed by atoms with Crippen LogP contribution in [0.4, 0.5) is 0 Å². The van der Waals surface area contributed by atoms with E-state index in [4.69, 9.17) is 4.74 Å². The van der Waals surface area contributed by atoms with Crippen LogP contribution in [-0.2, 0) is 0 Å². The Morgan fingerprint density at radius 1 is 1.15 bits per heavy atom. The number of hydrogen-bond acceptors (Lipinski definition) is 3. The fourth-order valence-corrected chi connectivity index (χ4v) is 3.05. The largest absolute Gasteiger partial charge is 0.497 e. The third kappa shape index (κ3) is 3.97. The molecule has 3 heteroatoms. The van der Waals surface area contributed by atoms with Crippen molar-refractivity contribution in [1.82, 2.24) is 10.2 Å². The van der Waals surface area contributed by atoms with Crippen LogP contribution >= 0.6 is 0 Å². The highest BCUT2D eigenvalue weighted by Crippen LogP contribution is 2.23. The first-order chi connectivity index (χ1) is 9.60. The summed E-state index contributed by atoms with van der Waals surface area (Å²) < 4.78 is 5.21. The molecule has 1 unspecified atom stereocenters. The summed E-state index contributed by atoms with van der Waals surface area (Å²) >= 11 is 0. The molecule has 0 aliphatic carbocycles. The van der Waals surface area contributed by atoms with Gasteiger partial charge in [-0.05, 0) is 70.4 Å². The van der Waals surface area contributed by atoms with Gasteiger partial charge in [-0.1, -0.05) is 12.1 Å². The normalized spacial score (nSPS) is 20.6. The first kappa shape index (κ1) is 15.3. The molecule has 3 nitrogen and oxygen atoms in total. The van der Waals surface area contributed by atoms with Gasteiger partial charge >= 0.3 is 0 Å². The first-order valence-corrected chi connectivity index (χ1v) is 7.68. The third-order valence-corrected chi connectivity index (χ3v) is 4.60. The lowest BCUT2D eigenvalue weighted by atomic mass is 9.90. The van der Waals surface area contributed by atoms with Gasteiger partial charge in [-0.15, -0.1) is 0 Å². The van der Waals surface area contributed by atoms with Crippen molar-refractivity contribution in [2.45, 2.75) is 38.8 Å². The number of nitrogens with one attached hydrogen (secondary N) is 1. The van der Waals surface area contributed by atoms with E-state index in [1.807, 2.05) is 12.1 Å². The highest BCUT2D eigenvalue weighted by Gasteiger charge is 2.23. The molecule has 0 bridgehead atoms. The average Bonchev–Trinajstić information content (AvgIpc) is 2.48. The Bertz CT molecular complexity index is 396. The number of nitrogens with zero attached hydrogens (tertiary/aromatic N) is 1. The molecular weight excluding hydrogens is 248 g/mol. The van der Waals surface area contributed by atoms with Crippen molar-refractivity contribution in [3.05, 3.63) is 29.8 Å². The molecule has 2 rings (SSSR count). The van der Waals surface area contributed by atoms with E-state index in [2.05, 4.69) is 43.2 Å². The highest BCUT2D eigenvalue weighted by molar-refractivity contribution is 5.28. The molecule has 1 N–H and O–H groups in total. The molecule has 1 aromatic rings. The molecule has 1 fully saturated rings.